The molecule has 0 radical (unpaired) electrons. The van der Waals surface area contributed by atoms with Gasteiger partial charge >= 0.3 is 11.9 Å². The zero-order valence-electron chi connectivity index (χ0n) is 11.3. The number of fused-ring (bicyclic) bond motifs is 1. The number of carboxylic acids is 1. The van der Waals surface area contributed by atoms with E-state index in [2.05, 4.69) is 0 Å². The Balaban J connectivity index is 2.47. The number of hydrogen-bond acceptors (Lipinski definition) is 3. The monoisotopic (exact) mass is 272 g/mol. The summed E-state index contributed by atoms with van der Waals surface area (Å²) in [6, 6.07) is 10.0. The standard InChI is InChI=1S/C16H16O4/c1-2-3-10-20-16(19)13-9-5-7-11-6-4-8-12(14(11)13)15(17)18/h4-9H,2-3,10H2,1H3,(H,17,18). The Morgan fingerprint density at radius 1 is 1.10 bits per heavy atom. The molecule has 0 saturated carbocycles. The predicted octanol–water partition coefficient (Wildman–Crippen LogP) is 3.49. The molecule has 1 N–H and O–H groups in total. The topological polar surface area (TPSA) is 63.6 Å². The van der Waals surface area contributed by atoms with Gasteiger partial charge in [-0.3, -0.25) is 0 Å². The van der Waals surface area contributed by atoms with Gasteiger partial charge in [0, 0.05) is 5.39 Å². The van der Waals surface area contributed by atoms with E-state index in [1.807, 2.05) is 6.92 Å². The van der Waals surface area contributed by atoms with Gasteiger partial charge in [0.05, 0.1) is 17.7 Å². The molecule has 0 atom stereocenters. The van der Waals surface area contributed by atoms with E-state index in [1.54, 1.807) is 30.3 Å². The van der Waals surface area contributed by atoms with Gasteiger partial charge in [0.25, 0.3) is 0 Å². The first kappa shape index (κ1) is 14.1. The number of esters is 1. The van der Waals surface area contributed by atoms with Crippen molar-refractivity contribution in [1.29, 1.82) is 0 Å². The van der Waals surface area contributed by atoms with Crippen molar-refractivity contribution in [3.8, 4) is 0 Å². The lowest BCUT2D eigenvalue weighted by Crippen LogP contribution is -2.09. The van der Waals surface area contributed by atoms with Crippen molar-refractivity contribution in [3.63, 3.8) is 0 Å². The van der Waals surface area contributed by atoms with E-state index < -0.39 is 11.9 Å². The van der Waals surface area contributed by atoms with Crippen LogP contribution >= 0.6 is 0 Å². The van der Waals surface area contributed by atoms with E-state index in [-0.39, 0.29) is 5.56 Å². The number of ether oxygens (including phenoxy) is 1. The third-order valence-electron chi connectivity index (χ3n) is 3.09. The molecule has 2 aromatic carbocycles. The number of carbonyl (C=O) groups is 2. The SMILES string of the molecule is CCCCOC(=O)c1cccc2cccc(C(=O)O)c12. The first-order valence-corrected chi connectivity index (χ1v) is 6.57. The molecule has 0 aromatic heterocycles. The van der Waals surface area contributed by atoms with E-state index in [0.29, 0.717) is 17.6 Å². The molecule has 2 aromatic rings. The van der Waals surface area contributed by atoms with Crippen LogP contribution in [0.1, 0.15) is 40.5 Å². The van der Waals surface area contributed by atoms with Gasteiger partial charge in [-0.1, -0.05) is 37.6 Å². The molecule has 0 fully saturated rings. The Bertz CT molecular complexity index is 641. The second-order valence-electron chi connectivity index (χ2n) is 4.50. The second-order valence-corrected chi connectivity index (χ2v) is 4.50. The largest absolute Gasteiger partial charge is 0.478 e. The summed E-state index contributed by atoms with van der Waals surface area (Å²) >= 11 is 0. The molecule has 0 amide bonds. The molecule has 0 bridgehead atoms. The lowest BCUT2D eigenvalue weighted by Gasteiger charge is -2.09. The van der Waals surface area contributed by atoms with Crippen LogP contribution in [-0.4, -0.2) is 23.7 Å². The quantitative estimate of drug-likeness (QED) is 0.668. The molecule has 0 aliphatic heterocycles. The van der Waals surface area contributed by atoms with E-state index >= 15 is 0 Å². The fourth-order valence-electron chi connectivity index (χ4n) is 2.08. The summed E-state index contributed by atoms with van der Waals surface area (Å²) in [5.41, 5.74) is 0.419. The maximum absolute atomic E-state index is 12.1. The van der Waals surface area contributed by atoms with Crippen molar-refractivity contribution in [2.45, 2.75) is 19.8 Å². The summed E-state index contributed by atoms with van der Waals surface area (Å²) in [7, 11) is 0. The number of aromatic carboxylic acids is 1. The third kappa shape index (κ3) is 2.79. The summed E-state index contributed by atoms with van der Waals surface area (Å²) in [4.78, 5) is 23.4. The molecule has 0 aliphatic carbocycles. The van der Waals surface area contributed by atoms with Gasteiger partial charge < -0.3 is 9.84 Å². The number of carbonyl (C=O) groups excluding carboxylic acids is 1. The number of rotatable bonds is 5. The first-order chi connectivity index (χ1) is 9.65. The van der Waals surface area contributed by atoms with Crippen molar-refractivity contribution >= 4 is 22.7 Å². The van der Waals surface area contributed by atoms with Crippen LogP contribution in [0.25, 0.3) is 10.8 Å². The maximum atomic E-state index is 12.1. The van der Waals surface area contributed by atoms with Crippen LogP contribution in [0.3, 0.4) is 0 Å². The Morgan fingerprint density at radius 2 is 1.75 bits per heavy atom. The molecular formula is C16H16O4. The van der Waals surface area contributed by atoms with E-state index in [1.165, 1.54) is 6.07 Å². The number of benzene rings is 2. The Labute approximate surface area is 117 Å². The third-order valence-corrected chi connectivity index (χ3v) is 3.09. The molecule has 0 aliphatic rings. The molecule has 0 unspecified atom stereocenters. The Hall–Kier alpha value is -2.36. The van der Waals surface area contributed by atoms with E-state index in [0.717, 1.165) is 18.2 Å². The smallest absolute Gasteiger partial charge is 0.338 e. The molecule has 4 nitrogen and oxygen atoms in total. The van der Waals surface area contributed by atoms with Gasteiger partial charge in [-0.25, -0.2) is 9.59 Å². The Kier molecular flexibility index (Phi) is 4.35. The predicted molar refractivity (Wildman–Crippen MR) is 76.1 cm³/mol. The van der Waals surface area contributed by atoms with Crippen molar-refractivity contribution in [2.24, 2.45) is 0 Å². The summed E-state index contributed by atoms with van der Waals surface area (Å²) in [6.07, 6.45) is 1.73. The number of unbranched alkanes of at least 4 members (excludes halogenated alkanes) is 1. The van der Waals surface area contributed by atoms with Gasteiger partial charge in [-0.05, 0) is 23.9 Å². The average Bonchev–Trinajstić information content (AvgIpc) is 2.46. The highest BCUT2D eigenvalue weighted by molar-refractivity contribution is 6.12. The highest BCUT2D eigenvalue weighted by atomic mass is 16.5. The summed E-state index contributed by atoms with van der Waals surface area (Å²) in [5, 5.41) is 10.4. The normalized spacial score (nSPS) is 10.4. The van der Waals surface area contributed by atoms with E-state index in [9.17, 15) is 14.7 Å². The molecule has 2 rings (SSSR count). The van der Waals surface area contributed by atoms with Crippen LogP contribution in [0.2, 0.25) is 0 Å². The van der Waals surface area contributed by atoms with Gasteiger partial charge in [0.2, 0.25) is 0 Å². The zero-order chi connectivity index (χ0) is 14.5. The summed E-state index contributed by atoms with van der Waals surface area (Å²) < 4.78 is 5.18. The van der Waals surface area contributed by atoms with Gasteiger partial charge in [-0.2, -0.15) is 0 Å². The maximum Gasteiger partial charge on any atom is 0.338 e. The molecule has 0 saturated heterocycles. The molecule has 0 spiro atoms. The molecule has 20 heavy (non-hydrogen) atoms. The minimum atomic E-state index is -1.05. The lowest BCUT2D eigenvalue weighted by molar-refractivity contribution is 0.0502. The van der Waals surface area contributed by atoms with Crippen molar-refractivity contribution in [2.75, 3.05) is 6.61 Å². The first-order valence-electron chi connectivity index (χ1n) is 6.57. The highest BCUT2D eigenvalue weighted by Crippen LogP contribution is 2.24. The molecule has 4 heteroatoms. The van der Waals surface area contributed by atoms with Crippen molar-refractivity contribution in [1.82, 2.24) is 0 Å². The zero-order valence-corrected chi connectivity index (χ0v) is 11.3. The second kappa shape index (κ2) is 6.19. The molecule has 0 heterocycles. The average molecular weight is 272 g/mol. The minimum Gasteiger partial charge on any atom is -0.478 e. The van der Waals surface area contributed by atoms with Crippen LogP contribution < -0.4 is 0 Å². The van der Waals surface area contributed by atoms with Crippen LogP contribution in [-0.2, 0) is 4.74 Å². The lowest BCUT2D eigenvalue weighted by atomic mass is 9.99. The van der Waals surface area contributed by atoms with Gasteiger partial charge in [0.1, 0.15) is 0 Å². The molecular weight excluding hydrogens is 256 g/mol. The van der Waals surface area contributed by atoms with Crippen LogP contribution in [0.5, 0.6) is 0 Å². The number of hydrogen-bond donors (Lipinski definition) is 1. The fourth-order valence-corrected chi connectivity index (χ4v) is 2.08. The highest BCUT2D eigenvalue weighted by Gasteiger charge is 2.17. The molecule has 104 valence electrons. The van der Waals surface area contributed by atoms with Crippen molar-refractivity contribution in [3.05, 3.63) is 47.5 Å². The van der Waals surface area contributed by atoms with Crippen molar-refractivity contribution < 1.29 is 19.4 Å². The van der Waals surface area contributed by atoms with Crippen LogP contribution in [0.4, 0.5) is 0 Å². The fraction of sp³-hybridized carbons (Fsp3) is 0.250. The van der Waals surface area contributed by atoms with Gasteiger partial charge in [-0.15, -0.1) is 0 Å². The summed E-state index contributed by atoms with van der Waals surface area (Å²) in [6.45, 7) is 2.36. The van der Waals surface area contributed by atoms with Crippen LogP contribution in [0, 0.1) is 0 Å². The summed E-state index contributed by atoms with van der Waals surface area (Å²) in [5.74, 6) is -1.53. The Morgan fingerprint density at radius 3 is 2.35 bits per heavy atom. The number of carboxylic acid groups (broad SMARTS) is 1. The minimum absolute atomic E-state index is 0.116. The van der Waals surface area contributed by atoms with E-state index in [4.69, 9.17) is 4.74 Å². The van der Waals surface area contributed by atoms with Gasteiger partial charge in [0.15, 0.2) is 0 Å². The van der Waals surface area contributed by atoms with Crippen LogP contribution in [0.15, 0.2) is 36.4 Å².